The highest BCUT2D eigenvalue weighted by molar-refractivity contribution is 5.37. The van der Waals surface area contributed by atoms with Crippen LogP contribution in [-0.4, -0.2) is 25.1 Å². The van der Waals surface area contributed by atoms with Gasteiger partial charge < -0.3 is 4.74 Å². The van der Waals surface area contributed by atoms with Crippen molar-refractivity contribution < 1.29 is 4.74 Å². The first kappa shape index (κ1) is 13.0. The van der Waals surface area contributed by atoms with Crippen LogP contribution >= 0.6 is 0 Å². The Bertz CT molecular complexity index is 323. The number of rotatable bonds is 2. The molecule has 0 amide bonds. The zero-order chi connectivity index (χ0) is 12.0. The number of hydrogen-bond acceptors (Lipinski definition) is 2. The normalized spacial score (nSPS) is 14.8. The van der Waals surface area contributed by atoms with Gasteiger partial charge in [-0.2, -0.15) is 0 Å². The zero-order valence-corrected chi connectivity index (χ0v) is 10.9. The van der Waals surface area contributed by atoms with Gasteiger partial charge in [0.1, 0.15) is 5.75 Å². The molecule has 0 spiro atoms. The SMILES string of the molecule is CC.CCN1CCc2cc(OC)ccc2C1. The van der Waals surface area contributed by atoms with Gasteiger partial charge in [-0.15, -0.1) is 0 Å². The molecule has 0 atom stereocenters. The van der Waals surface area contributed by atoms with E-state index in [2.05, 4.69) is 30.0 Å². The largest absolute Gasteiger partial charge is 0.497 e. The maximum Gasteiger partial charge on any atom is 0.119 e. The summed E-state index contributed by atoms with van der Waals surface area (Å²) in [6.45, 7) is 9.63. The first-order valence-corrected chi connectivity index (χ1v) is 6.21. The predicted octanol–water partition coefficient (Wildman–Crippen LogP) is 3.10. The lowest BCUT2D eigenvalue weighted by Crippen LogP contribution is -2.30. The topological polar surface area (TPSA) is 12.5 Å². The van der Waals surface area contributed by atoms with Gasteiger partial charge in [-0.3, -0.25) is 4.90 Å². The summed E-state index contributed by atoms with van der Waals surface area (Å²) in [5.41, 5.74) is 2.91. The molecule has 2 rings (SSSR count). The van der Waals surface area contributed by atoms with Crippen molar-refractivity contribution in [3.63, 3.8) is 0 Å². The Balaban J connectivity index is 0.000000606. The lowest BCUT2D eigenvalue weighted by Gasteiger charge is -2.27. The van der Waals surface area contributed by atoms with E-state index in [-0.39, 0.29) is 0 Å². The van der Waals surface area contributed by atoms with E-state index in [1.165, 1.54) is 17.7 Å². The number of methoxy groups -OCH3 is 1. The molecular formula is C14H23NO. The molecule has 0 bridgehead atoms. The average molecular weight is 221 g/mol. The lowest BCUT2D eigenvalue weighted by molar-refractivity contribution is 0.267. The Kier molecular flexibility index (Phi) is 5.33. The minimum absolute atomic E-state index is 0.980. The van der Waals surface area contributed by atoms with Gasteiger partial charge in [-0.1, -0.05) is 26.8 Å². The Labute approximate surface area is 99.2 Å². The van der Waals surface area contributed by atoms with Crippen molar-refractivity contribution in [2.75, 3.05) is 20.2 Å². The van der Waals surface area contributed by atoms with Gasteiger partial charge in [-0.05, 0) is 36.2 Å². The van der Waals surface area contributed by atoms with Crippen LogP contribution in [-0.2, 0) is 13.0 Å². The third kappa shape index (κ3) is 2.99. The van der Waals surface area contributed by atoms with Gasteiger partial charge in [0.25, 0.3) is 0 Å². The average Bonchev–Trinajstić information content (AvgIpc) is 2.39. The fourth-order valence-corrected chi connectivity index (χ4v) is 1.98. The van der Waals surface area contributed by atoms with Crippen molar-refractivity contribution in [1.29, 1.82) is 0 Å². The molecule has 0 aromatic heterocycles. The van der Waals surface area contributed by atoms with E-state index in [4.69, 9.17) is 4.74 Å². The van der Waals surface area contributed by atoms with Crippen molar-refractivity contribution in [2.45, 2.75) is 33.7 Å². The van der Waals surface area contributed by atoms with Crippen LogP contribution in [0.2, 0.25) is 0 Å². The van der Waals surface area contributed by atoms with Crippen molar-refractivity contribution in [3.05, 3.63) is 29.3 Å². The smallest absolute Gasteiger partial charge is 0.119 e. The second-order valence-electron chi connectivity index (χ2n) is 3.75. The molecule has 2 nitrogen and oxygen atoms in total. The summed E-state index contributed by atoms with van der Waals surface area (Å²) in [7, 11) is 1.73. The van der Waals surface area contributed by atoms with Crippen molar-refractivity contribution in [3.8, 4) is 5.75 Å². The molecule has 0 unspecified atom stereocenters. The molecule has 0 N–H and O–H groups in total. The van der Waals surface area contributed by atoms with Crippen molar-refractivity contribution in [1.82, 2.24) is 4.90 Å². The highest BCUT2D eigenvalue weighted by atomic mass is 16.5. The minimum atomic E-state index is 0.980. The number of ether oxygens (including phenoxy) is 1. The summed E-state index contributed by atoms with van der Waals surface area (Å²) in [6.07, 6.45) is 1.15. The van der Waals surface area contributed by atoms with Gasteiger partial charge in [0.2, 0.25) is 0 Å². The second kappa shape index (κ2) is 6.54. The summed E-state index contributed by atoms with van der Waals surface area (Å²) >= 11 is 0. The van der Waals surface area contributed by atoms with Crippen LogP contribution in [0.5, 0.6) is 5.75 Å². The fourth-order valence-electron chi connectivity index (χ4n) is 1.98. The predicted molar refractivity (Wildman–Crippen MR) is 69.0 cm³/mol. The van der Waals surface area contributed by atoms with E-state index >= 15 is 0 Å². The summed E-state index contributed by atoms with van der Waals surface area (Å²) < 4.78 is 5.22. The fraction of sp³-hybridized carbons (Fsp3) is 0.571. The quantitative estimate of drug-likeness (QED) is 0.761. The number of nitrogens with zero attached hydrogens (tertiary/aromatic N) is 1. The summed E-state index contributed by atoms with van der Waals surface area (Å²) in [6, 6.07) is 6.41. The molecule has 0 radical (unpaired) electrons. The van der Waals surface area contributed by atoms with Crippen LogP contribution < -0.4 is 4.74 Å². The summed E-state index contributed by atoms with van der Waals surface area (Å²) in [4.78, 5) is 2.47. The molecule has 2 heteroatoms. The summed E-state index contributed by atoms with van der Waals surface area (Å²) in [5.74, 6) is 0.980. The van der Waals surface area contributed by atoms with Gasteiger partial charge in [0.05, 0.1) is 7.11 Å². The molecule has 0 fully saturated rings. The molecule has 90 valence electrons. The Morgan fingerprint density at radius 2 is 2.00 bits per heavy atom. The first-order chi connectivity index (χ1) is 7.83. The number of fused-ring (bicyclic) bond motifs is 1. The number of hydrogen-bond donors (Lipinski definition) is 0. The van der Waals surface area contributed by atoms with E-state index in [0.717, 1.165) is 25.3 Å². The maximum atomic E-state index is 5.22. The van der Waals surface area contributed by atoms with Crippen molar-refractivity contribution in [2.24, 2.45) is 0 Å². The van der Waals surface area contributed by atoms with E-state index in [0.29, 0.717) is 0 Å². The van der Waals surface area contributed by atoms with E-state index in [1.54, 1.807) is 7.11 Å². The van der Waals surface area contributed by atoms with Crippen LogP contribution in [0.3, 0.4) is 0 Å². The Hall–Kier alpha value is -1.02. The van der Waals surface area contributed by atoms with Crippen LogP contribution in [0.1, 0.15) is 31.9 Å². The van der Waals surface area contributed by atoms with Crippen molar-refractivity contribution >= 4 is 0 Å². The van der Waals surface area contributed by atoms with E-state index in [9.17, 15) is 0 Å². The standard InChI is InChI=1S/C12H17NO.C2H6/c1-3-13-7-6-10-8-12(14-2)5-4-11(10)9-13;1-2/h4-5,8H,3,6-7,9H2,1-2H3;1-2H3. The molecular weight excluding hydrogens is 198 g/mol. The van der Waals surface area contributed by atoms with Gasteiger partial charge in [-0.25, -0.2) is 0 Å². The molecule has 0 aliphatic carbocycles. The molecule has 16 heavy (non-hydrogen) atoms. The van der Waals surface area contributed by atoms with Gasteiger partial charge in [0, 0.05) is 13.1 Å². The summed E-state index contributed by atoms with van der Waals surface area (Å²) in [5, 5.41) is 0. The number of likely N-dealkylation sites (N-methyl/N-ethyl adjacent to an activating group) is 1. The number of benzene rings is 1. The van der Waals surface area contributed by atoms with Crippen LogP contribution in [0, 0.1) is 0 Å². The molecule has 1 heterocycles. The van der Waals surface area contributed by atoms with Gasteiger partial charge >= 0.3 is 0 Å². The second-order valence-corrected chi connectivity index (χ2v) is 3.75. The van der Waals surface area contributed by atoms with Gasteiger partial charge in [0.15, 0.2) is 0 Å². The maximum absolute atomic E-state index is 5.22. The molecule has 0 saturated heterocycles. The molecule has 1 aliphatic heterocycles. The zero-order valence-electron chi connectivity index (χ0n) is 10.9. The first-order valence-electron chi connectivity index (χ1n) is 6.21. The Morgan fingerprint density at radius 1 is 1.25 bits per heavy atom. The van der Waals surface area contributed by atoms with Crippen LogP contribution in [0.4, 0.5) is 0 Å². The van der Waals surface area contributed by atoms with Crippen LogP contribution in [0.15, 0.2) is 18.2 Å². The van der Waals surface area contributed by atoms with E-state index < -0.39 is 0 Å². The molecule has 1 aromatic rings. The molecule has 1 aromatic carbocycles. The third-order valence-corrected chi connectivity index (χ3v) is 2.95. The third-order valence-electron chi connectivity index (χ3n) is 2.95. The Morgan fingerprint density at radius 3 is 2.62 bits per heavy atom. The molecule has 0 saturated carbocycles. The molecule has 1 aliphatic rings. The highest BCUT2D eigenvalue weighted by Crippen LogP contribution is 2.23. The lowest BCUT2D eigenvalue weighted by atomic mass is 9.99. The van der Waals surface area contributed by atoms with Crippen LogP contribution in [0.25, 0.3) is 0 Å². The van der Waals surface area contributed by atoms with E-state index in [1.807, 2.05) is 13.8 Å². The minimum Gasteiger partial charge on any atom is -0.497 e. The highest BCUT2D eigenvalue weighted by Gasteiger charge is 2.14. The monoisotopic (exact) mass is 221 g/mol.